The molecule has 0 aliphatic heterocycles. The van der Waals surface area contributed by atoms with Gasteiger partial charge in [-0.05, 0) is 94.6 Å². The fraction of sp³-hybridized carbons (Fsp3) is 0.143. The quantitative estimate of drug-likeness (QED) is 0.152. The van der Waals surface area contributed by atoms with E-state index in [2.05, 4.69) is 21.2 Å². The number of nitro groups is 1. The first-order chi connectivity index (χ1) is 17.5. The number of rotatable bonds is 11. The van der Waals surface area contributed by atoms with Gasteiger partial charge in [-0.2, -0.15) is 0 Å². The largest absolute Gasteiger partial charge is 0.490 e. The number of benzene rings is 4. The zero-order chi connectivity index (χ0) is 25.3. The van der Waals surface area contributed by atoms with Crippen LogP contribution >= 0.6 is 15.9 Å². The molecule has 0 amide bonds. The molecule has 0 bridgehead atoms. The molecule has 7 nitrogen and oxygen atoms in total. The van der Waals surface area contributed by atoms with Crippen LogP contribution in [0.25, 0.3) is 0 Å². The smallest absolute Gasteiger partial charge is 0.269 e. The highest BCUT2D eigenvalue weighted by atomic mass is 79.9. The molecule has 0 atom stereocenters. The first-order valence-corrected chi connectivity index (χ1v) is 12.2. The Morgan fingerprint density at radius 1 is 0.861 bits per heavy atom. The van der Waals surface area contributed by atoms with E-state index in [0.717, 1.165) is 32.8 Å². The lowest BCUT2D eigenvalue weighted by atomic mass is 10.2. The van der Waals surface area contributed by atoms with Crippen LogP contribution in [0.15, 0.2) is 95.5 Å². The lowest BCUT2D eigenvalue weighted by Gasteiger charge is -2.16. The summed E-state index contributed by atoms with van der Waals surface area (Å²) >= 11 is 3.60. The van der Waals surface area contributed by atoms with Gasteiger partial charge in [0.15, 0.2) is 11.5 Å². The van der Waals surface area contributed by atoms with Gasteiger partial charge >= 0.3 is 0 Å². The highest BCUT2D eigenvalue weighted by molar-refractivity contribution is 9.10. The van der Waals surface area contributed by atoms with Crippen LogP contribution in [0.2, 0.25) is 0 Å². The summed E-state index contributed by atoms with van der Waals surface area (Å²) in [7, 11) is 0. The third kappa shape index (κ3) is 6.76. The Hall–Kier alpha value is -4.04. The topological polar surface area (TPSA) is 82.9 Å². The van der Waals surface area contributed by atoms with Gasteiger partial charge in [-0.1, -0.05) is 18.2 Å². The molecule has 184 valence electrons. The highest BCUT2D eigenvalue weighted by Gasteiger charge is 2.13. The maximum Gasteiger partial charge on any atom is 0.269 e. The molecular formula is C28H25BrN2O5. The van der Waals surface area contributed by atoms with Crippen LogP contribution in [0.3, 0.4) is 0 Å². The lowest BCUT2D eigenvalue weighted by Crippen LogP contribution is -2.04. The van der Waals surface area contributed by atoms with E-state index in [4.69, 9.17) is 14.2 Å². The van der Waals surface area contributed by atoms with Crippen LogP contribution in [-0.4, -0.2) is 11.5 Å². The Morgan fingerprint density at radius 2 is 1.56 bits per heavy atom. The monoisotopic (exact) mass is 548 g/mol. The molecule has 8 heteroatoms. The molecule has 0 unspecified atom stereocenters. The molecule has 0 saturated heterocycles. The van der Waals surface area contributed by atoms with Crippen molar-refractivity contribution in [2.24, 2.45) is 0 Å². The standard InChI is InChI=1S/C28H25BrN2O5/c1-2-34-27-17-21(16-26(29)28(27)35-19-20-8-12-23(13-9-20)31(32)33)18-30-22-10-14-25(15-11-22)36-24-6-4-3-5-7-24/h3-17,30H,2,18-19H2,1H3. The zero-order valence-electron chi connectivity index (χ0n) is 19.6. The van der Waals surface area contributed by atoms with E-state index in [1.54, 1.807) is 12.1 Å². The molecule has 0 radical (unpaired) electrons. The highest BCUT2D eigenvalue weighted by Crippen LogP contribution is 2.38. The van der Waals surface area contributed by atoms with Gasteiger partial charge in [0, 0.05) is 24.4 Å². The van der Waals surface area contributed by atoms with E-state index in [1.165, 1.54) is 12.1 Å². The molecule has 0 fully saturated rings. The molecule has 0 aliphatic rings. The van der Waals surface area contributed by atoms with Crippen molar-refractivity contribution < 1.29 is 19.1 Å². The summed E-state index contributed by atoms with van der Waals surface area (Å²) in [5.74, 6) is 2.77. The average Bonchev–Trinajstić information content (AvgIpc) is 2.89. The average molecular weight is 549 g/mol. The van der Waals surface area contributed by atoms with Crippen LogP contribution in [0.4, 0.5) is 11.4 Å². The number of nitrogens with zero attached hydrogens (tertiary/aromatic N) is 1. The summed E-state index contributed by atoms with van der Waals surface area (Å²) < 4.78 is 18.5. The van der Waals surface area contributed by atoms with Gasteiger partial charge in [0.05, 0.1) is 16.0 Å². The Morgan fingerprint density at radius 3 is 2.22 bits per heavy atom. The second-order valence-electron chi connectivity index (χ2n) is 7.84. The molecule has 1 N–H and O–H groups in total. The van der Waals surface area contributed by atoms with Crippen molar-refractivity contribution in [2.75, 3.05) is 11.9 Å². The Bertz CT molecular complexity index is 1300. The summed E-state index contributed by atoms with van der Waals surface area (Å²) in [6.45, 7) is 3.24. The van der Waals surface area contributed by atoms with Crippen LogP contribution in [0.5, 0.6) is 23.0 Å². The van der Waals surface area contributed by atoms with E-state index in [1.807, 2.05) is 73.7 Å². The van der Waals surface area contributed by atoms with E-state index >= 15 is 0 Å². The number of nitrogens with one attached hydrogen (secondary N) is 1. The van der Waals surface area contributed by atoms with Crippen molar-refractivity contribution in [1.29, 1.82) is 0 Å². The van der Waals surface area contributed by atoms with Gasteiger partial charge < -0.3 is 19.5 Å². The lowest BCUT2D eigenvalue weighted by molar-refractivity contribution is -0.384. The normalized spacial score (nSPS) is 10.5. The Kier molecular flexibility index (Phi) is 8.41. The molecule has 4 aromatic rings. The van der Waals surface area contributed by atoms with E-state index in [9.17, 15) is 10.1 Å². The van der Waals surface area contributed by atoms with Crippen LogP contribution in [0, 0.1) is 10.1 Å². The second-order valence-corrected chi connectivity index (χ2v) is 8.70. The van der Waals surface area contributed by atoms with E-state index in [0.29, 0.717) is 24.7 Å². The Balaban J connectivity index is 1.39. The summed E-state index contributed by atoms with van der Waals surface area (Å²) in [5, 5.41) is 14.3. The molecule has 4 rings (SSSR count). The number of hydrogen-bond donors (Lipinski definition) is 1. The van der Waals surface area contributed by atoms with Gasteiger partial charge in [0.1, 0.15) is 18.1 Å². The minimum Gasteiger partial charge on any atom is -0.490 e. The minimum absolute atomic E-state index is 0.0464. The molecule has 0 spiro atoms. The van der Waals surface area contributed by atoms with Gasteiger partial charge in [0.25, 0.3) is 5.69 Å². The summed E-state index contributed by atoms with van der Waals surface area (Å²) in [5.41, 5.74) is 2.84. The third-order valence-electron chi connectivity index (χ3n) is 5.23. The number of anilines is 1. The van der Waals surface area contributed by atoms with Crippen molar-refractivity contribution >= 4 is 27.3 Å². The summed E-state index contributed by atoms with van der Waals surface area (Å²) in [6.07, 6.45) is 0. The first kappa shape index (κ1) is 25.1. The van der Waals surface area contributed by atoms with Crippen LogP contribution < -0.4 is 19.5 Å². The van der Waals surface area contributed by atoms with Crippen molar-refractivity contribution in [3.05, 3.63) is 117 Å². The molecule has 4 aromatic carbocycles. The molecule has 0 saturated carbocycles. The number of halogens is 1. The number of hydrogen-bond acceptors (Lipinski definition) is 6. The number of non-ortho nitro benzene ring substituents is 1. The van der Waals surface area contributed by atoms with Gasteiger partial charge in [0.2, 0.25) is 0 Å². The van der Waals surface area contributed by atoms with E-state index < -0.39 is 4.92 Å². The predicted molar refractivity (Wildman–Crippen MR) is 143 cm³/mol. The molecule has 0 aliphatic carbocycles. The van der Waals surface area contributed by atoms with Gasteiger partial charge in [-0.15, -0.1) is 0 Å². The maximum atomic E-state index is 10.9. The molecule has 36 heavy (non-hydrogen) atoms. The van der Waals surface area contributed by atoms with Gasteiger partial charge in [-0.25, -0.2) is 0 Å². The minimum atomic E-state index is -0.423. The maximum absolute atomic E-state index is 10.9. The van der Waals surface area contributed by atoms with Crippen molar-refractivity contribution in [2.45, 2.75) is 20.1 Å². The fourth-order valence-corrected chi connectivity index (χ4v) is 4.07. The second kappa shape index (κ2) is 12.1. The SMILES string of the molecule is CCOc1cc(CNc2ccc(Oc3ccccc3)cc2)cc(Br)c1OCc1ccc([N+](=O)[O-])cc1. The number of para-hydroxylation sites is 1. The molecule has 0 heterocycles. The number of nitro benzene ring substituents is 1. The Labute approximate surface area is 217 Å². The van der Waals surface area contributed by atoms with Crippen molar-refractivity contribution in [3.63, 3.8) is 0 Å². The summed E-state index contributed by atoms with van der Waals surface area (Å²) in [6, 6.07) is 27.7. The first-order valence-electron chi connectivity index (χ1n) is 11.4. The van der Waals surface area contributed by atoms with Crippen molar-refractivity contribution in [1.82, 2.24) is 0 Å². The van der Waals surface area contributed by atoms with Crippen molar-refractivity contribution in [3.8, 4) is 23.0 Å². The predicted octanol–water partition coefficient (Wildman–Crippen LogP) is 7.74. The van der Waals surface area contributed by atoms with Crippen LogP contribution in [-0.2, 0) is 13.2 Å². The zero-order valence-corrected chi connectivity index (χ0v) is 21.2. The third-order valence-corrected chi connectivity index (χ3v) is 5.82. The van der Waals surface area contributed by atoms with Crippen LogP contribution in [0.1, 0.15) is 18.1 Å². The molecule has 0 aromatic heterocycles. The number of ether oxygens (including phenoxy) is 3. The van der Waals surface area contributed by atoms with Gasteiger partial charge in [-0.3, -0.25) is 10.1 Å². The van der Waals surface area contributed by atoms with E-state index in [-0.39, 0.29) is 12.3 Å². The molecular weight excluding hydrogens is 524 g/mol. The fourth-order valence-electron chi connectivity index (χ4n) is 3.47. The summed E-state index contributed by atoms with van der Waals surface area (Å²) in [4.78, 5) is 10.4.